The van der Waals surface area contributed by atoms with Gasteiger partial charge in [-0.3, -0.25) is 4.57 Å². The summed E-state index contributed by atoms with van der Waals surface area (Å²) in [4.78, 5) is 10.9. The molecule has 0 aliphatic heterocycles. The first-order chi connectivity index (χ1) is 27.3. The van der Waals surface area contributed by atoms with Crippen molar-refractivity contribution in [3.63, 3.8) is 0 Å². The van der Waals surface area contributed by atoms with Crippen molar-refractivity contribution in [3.8, 4) is 72.8 Å². The van der Waals surface area contributed by atoms with Gasteiger partial charge in [-0.05, 0) is 87.0 Å². The summed E-state index contributed by atoms with van der Waals surface area (Å²) < 4.78 is 2.28. The maximum absolute atomic E-state index is 5.45. The lowest BCUT2D eigenvalue weighted by Gasteiger charge is -2.12. The third-order valence-corrected chi connectivity index (χ3v) is 10.4. The number of hydrogen-bond acceptors (Lipinski definition) is 2. The average molecular weight is 702 g/mol. The highest BCUT2D eigenvalue weighted by molar-refractivity contribution is 6.14. The third-order valence-electron chi connectivity index (χ3n) is 10.4. The first kappa shape index (κ1) is 32.3. The molecule has 55 heavy (non-hydrogen) atoms. The SMILES string of the molecule is c1ccc(-c2cccc(-c3cccc(-c4cccc(-c5nc(-c6cccc(-c7ccccc7)c6)c6c7ccccc7n(-c7ccccc7)c6n5)c4)c3)c2)cc1. The number of fused-ring (bicyclic) bond motifs is 3. The molecule has 0 bridgehead atoms. The maximum Gasteiger partial charge on any atom is 0.162 e. The van der Waals surface area contributed by atoms with Gasteiger partial charge in [-0.25, -0.2) is 9.97 Å². The molecule has 10 rings (SSSR count). The van der Waals surface area contributed by atoms with Crippen molar-refractivity contribution in [3.05, 3.63) is 212 Å². The number of aromatic nitrogens is 3. The van der Waals surface area contributed by atoms with Crippen molar-refractivity contribution in [2.45, 2.75) is 0 Å². The highest BCUT2D eigenvalue weighted by atomic mass is 15.1. The normalized spacial score (nSPS) is 11.3. The topological polar surface area (TPSA) is 30.7 Å². The van der Waals surface area contributed by atoms with E-state index in [4.69, 9.17) is 9.97 Å². The van der Waals surface area contributed by atoms with Crippen molar-refractivity contribution >= 4 is 21.9 Å². The Hall–Kier alpha value is -7.36. The smallest absolute Gasteiger partial charge is 0.162 e. The highest BCUT2D eigenvalue weighted by Crippen LogP contribution is 2.40. The Kier molecular flexibility index (Phi) is 8.16. The van der Waals surface area contributed by atoms with Crippen LogP contribution in [0.15, 0.2) is 212 Å². The fraction of sp³-hybridized carbons (Fsp3) is 0. The second-order valence-corrected chi connectivity index (χ2v) is 13.8. The van der Waals surface area contributed by atoms with Gasteiger partial charge < -0.3 is 0 Å². The summed E-state index contributed by atoms with van der Waals surface area (Å²) in [6.45, 7) is 0. The molecule has 3 heteroatoms. The van der Waals surface area contributed by atoms with Crippen molar-refractivity contribution in [1.82, 2.24) is 14.5 Å². The van der Waals surface area contributed by atoms with Gasteiger partial charge in [0.15, 0.2) is 5.82 Å². The molecule has 0 unspecified atom stereocenters. The van der Waals surface area contributed by atoms with Crippen LogP contribution in [0.1, 0.15) is 0 Å². The van der Waals surface area contributed by atoms with Crippen molar-refractivity contribution in [2.75, 3.05) is 0 Å². The van der Waals surface area contributed by atoms with Crippen LogP contribution in [-0.4, -0.2) is 14.5 Å². The minimum atomic E-state index is 0.682. The molecule has 0 atom stereocenters. The number of para-hydroxylation sites is 2. The fourth-order valence-electron chi connectivity index (χ4n) is 7.73. The van der Waals surface area contributed by atoms with Gasteiger partial charge in [0.1, 0.15) is 5.65 Å². The van der Waals surface area contributed by atoms with Gasteiger partial charge in [0, 0.05) is 22.2 Å². The summed E-state index contributed by atoms with van der Waals surface area (Å²) in [5.41, 5.74) is 15.3. The second-order valence-electron chi connectivity index (χ2n) is 13.8. The quantitative estimate of drug-likeness (QED) is 0.166. The van der Waals surface area contributed by atoms with Gasteiger partial charge in [0.25, 0.3) is 0 Å². The summed E-state index contributed by atoms with van der Waals surface area (Å²) in [6.07, 6.45) is 0. The van der Waals surface area contributed by atoms with Crippen LogP contribution in [0.25, 0.3) is 94.8 Å². The Labute approximate surface area is 320 Å². The van der Waals surface area contributed by atoms with E-state index in [9.17, 15) is 0 Å². The van der Waals surface area contributed by atoms with Crippen LogP contribution in [0.4, 0.5) is 0 Å². The van der Waals surface area contributed by atoms with E-state index < -0.39 is 0 Å². The molecule has 3 nitrogen and oxygen atoms in total. The van der Waals surface area contributed by atoms with E-state index in [0.29, 0.717) is 5.82 Å². The largest absolute Gasteiger partial charge is 0.294 e. The molecule has 0 saturated carbocycles. The van der Waals surface area contributed by atoms with Gasteiger partial charge in [0.05, 0.1) is 16.6 Å². The Morgan fingerprint density at radius 3 is 1.27 bits per heavy atom. The molecule has 0 spiro atoms. The van der Waals surface area contributed by atoms with E-state index in [1.807, 2.05) is 0 Å². The van der Waals surface area contributed by atoms with E-state index in [2.05, 4.69) is 217 Å². The minimum Gasteiger partial charge on any atom is -0.294 e. The van der Waals surface area contributed by atoms with E-state index in [-0.39, 0.29) is 0 Å². The zero-order chi connectivity index (χ0) is 36.6. The predicted molar refractivity (Wildman–Crippen MR) is 229 cm³/mol. The van der Waals surface area contributed by atoms with Crippen LogP contribution in [0.3, 0.4) is 0 Å². The third kappa shape index (κ3) is 6.08. The van der Waals surface area contributed by atoms with E-state index in [0.717, 1.165) is 61.1 Å². The summed E-state index contributed by atoms with van der Waals surface area (Å²) in [5, 5.41) is 2.16. The number of benzene rings is 8. The first-order valence-electron chi connectivity index (χ1n) is 18.7. The molecule has 0 amide bonds. The lowest BCUT2D eigenvalue weighted by molar-refractivity contribution is 1.11. The zero-order valence-corrected chi connectivity index (χ0v) is 30.0. The fourth-order valence-corrected chi connectivity index (χ4v) is 7.73. The molecule has 0 aliphatic rings. The zero-order valence-electron chi connectivity index (χ0n) is 30.0. The first-order valence-corrected chi connectivity index (χ1v) is 18.7. The standard InChI is InChI=1S/C52H35N3/c1-4-16-36(17-5-1)38-20-12-22-40(32-38)41-23-13-24-42(33-41)43-25-15-27-45(35-43)51-53-50(44-26-14-21-39(34-44)37-18-6-2-7-19-37)49-47-30-10-11-31-48(47)55(52(49)54-51)46-28-8-3-9-29-46/h1-35H. The molecule has 0 saturated heterocycles. The Morgan fingerprint density at radius 2 is 0.709 bits per heavy atom. The molecule has 0 aliphatic carbocycles. The molecule has 2 heterocycles. The lowest BCUT2D eigenvalue weighted by atomic mass is 9.95. The number of rotatable bonds is 7. The molecule has 0 N–H and O–H groups in total. The Balaban J connectivity index is 1.14. The Bertz CT molecular complexity index is 2960. The van der Waals surface area contributed by atoms with Gasteiger partial charge >= 0.3 is 0 Å². The number of hydrogen-bond donors (Lipinski definition) is 0. The molecule has 258 valence electrons. The predicted octanol–water partition coefficient (Wildman–Crippen LogP) is 13.6. The van der Waals surface area contributed by atoms with Gasteiger partial charge in [-0.15, -0.1) is 0 Å². The molecular weight excluding hydrogens is 667 g/mol. The summed E-state index contributed by atoms with van der Waals surface area (Å²) in [6, 6.07) is 75.1. The van der Waals surface area contributed by atoms with Crippen molar-refractivity contribution < 1.29 is 0 Å². The van der Waals surface area contributed by atoms with Crippen LogP contribution >= 0.6 is 0 Å². The van der Waals surface area contributed by atoms with Crippen molar-refractivity contribution in [1.29, 1.82) is 0 Å². The van der Waals surface area contributed by atoms with Crippen molar-refractivity contribution in [2.24, 2.45) is 0 Å². The summed E-state index contributed by atoms with van der Waals surface area (Å²) >= 11 is 0. The molecule has 0 fully saturated rings. The molecule has 0 radical (unpaired) electrons. The summed E-state index contributed by atoms with van der Waals surface area (Å²) in [7, 11) is 0. The van der Waals surface area contributed by atoms with Gasteiger partial charge in [0.2, 0.25) is 0 Å². The monoisotopic (exact) mass is 701 g/mol. The van der Waals surface area contributed by atoms with E-state index in [1.54, 1.807) is 0 Å². The summed E-state index contributed by atoms with van der Waals surface area (Å²) in [5.74, 6) is 0.682. The van der Waals surface area contributed by atoms with Gasteiger partial charge in [-0.2, -0.15) is 0 Å². The van der Waals surface area contributed by atoms with Crippen LogP contribution in [0.2, 0.25) is 0 Å². The van der Waals surface area contributed by atoms with Crippen LogP contribution in [0.5, 0.6) is 0 Å². The molecular formula is C52H35N3. The average Bonchev–Trinajstić information content (AvgIpc) is 3.61. The van der Waals surface area contributed by atoms with Crippen LogP contribution in [0, 0.1) is 0 Å². The number of nitrogens with zero attached hydrogens (tertiary/aromatic N) is 3. The molecule has 2 aromatic heterocycles. The van der Waals surface area contributed by atoms with E-state index >= 15 is 0 Å². The lowest BCUT2D eigenvalue weighted by Crippen LogP contribution is -1.99. The minimum absolute atomic E-state index is 0.682. The molecule has 8 aromatic carbocycles. The van der Waals surface area contributed by atoms with E-state index in [1.165, 1.54) is 27.8 Å². The molecule has 10 aromatic rings. The highest BCUT2D eigenvalue weighted by Gasteiger charge is 2.21. The van der Waals surface area contributed by atoms with Crippen LogP contribution < -0.4 is 0 Å². The Morgan fingerprint density at radius 1 is 0.309 bits per heavy atom. The van der Waals surface area contributed by atoms with Crippen LogP contribution in [-0.2, 0) is 0 Å². The second kappa shape index (κ2) is 13.9. The maximum atomic E-state index is 5.45. The van der Waals surface area contributed by atoms with Gasteiger partial charge in [-0.1, -0.05) is 170 Å².